The zero-order chi connectivity index (χ0) is 9.56. The highest BCUT2D eigenvalue weighted by molar-refractivity contribution is 5.93. The summed E-state index contributed by atoms with van der Waals surface area (Å²) in [6, 6.07) is 1.82. The van der Waals surface area contributed by atoms with Crippen LogP contribution in [0.5, 0.6) is 0 Å². The Hall–Kier alpha value is -1.30. The molecular formula is C9H13NO2. The number of esters is 1. The topological polar surface area (TPSA) is 50.1 Å². The zero-order valence-electron chi connectivity index (χ0n) is 7.68. The highest BCUT2D eigenvalue weighted by atomic mass is 16.5. The fourth-order valence-corrected chi connectivity index (χ4v) is 0.628. The summed E-state index contributed by atoms with van der Waals surface area (Å²) < 4.78 is 4.79. The largest absolute Gasteiger partial charge is 0.462 e. The number of nitrogens with zero attached hydrogens (tertiary/aromatic N) is 1. The Morgan fingerprint density at radius 2 is 2.08 bits per heavy atom. The third kappa shape index (κ3) is 3.20. The molecule has 3 nitrogen and oxygen atoms in total. The van der Waals surface area contributed by atoms with Gasteiger partial charge in [0.05, 0.1) is 6.61 Å². The first-order chi connectivity index (χ1) is 5.63. The molecule has 3 heteroatoms. The molecule has 66 valence electrons. The van der Waals surface area contributed by atoms with Gasteiger partial charge in [0.15, 0.2) is 0 Å². The Morgan fingerprint density at radius 3 is 2.42 bits per heavy atom. The van der Waals surface area contributed by atoms with Crippen LogP contribution in [-0.4, -0.2) is 12.6 Å². The summed E-state index contributed by atoms with van der Waals surface area (Å²) in [5.74, 6) is -0.514. The van der Waals surface area contributed by atoms with E-state index in [9.17, 15) is 4.79 Å². The molecule has 0 bridgehead atoms. The molecule has 0 aromatic heterocycles. The molecule has 0 radical (unpaired) electrons. The molecule has 0 aromatic carbocycles. The first kappa shape index (κ1) is 10.7. The van der Waals surface area contributed by atoms with Crippen LogP contribution in [0.1, 0.15) is 27.2 Å². The maximum atomic E-state index is 11.1. The average molecular weight is 167 g/mol. The van der Waals surface area contributed by atoms with Crippen LogP contribution in [0.4, 0.5) is 0 Å². The molecule has 12 heavy (non-hydrogen) atoms. The first-order valence-corrected chi connectivity index (χ1v) is 3.88. The number of nitriles is 1. The maximum Gasteiger partial charge on any atom is 0.348 e. The number of ether oxygens (including phenoxy) is 1. The van der Waals surface area contributed by atoms with Crippen molar-refractivity contribution in [2.24, 2.45) is 0 Å². The van der Waals surface area contributed by atoms with Gasteiger partial charge in [-0.3, -0.25) is 0 Å². The summed E-state index contributed by atoms with van der Waals surface area (Å²) >= 11 is 0. The van der Waals surface area contributed by atoms with E-state index in [2.05, 4.69) is 0 Å². The summed E-state index contributed by atoms with van der Waals surface area (Å²) in [5.41, 5.74) is 0.807. The van der Waals surface area contributed by atoms with Gasteiger partial charge in [-0.2, -0.15) is 5.26 Å². The van der Waals surface area contributed by atoms with Crippen LogP contribution in [-0.2, 0) is 9.53 Å². The second-order valence-electron chi connectivity index (χ2n) is 2.62. The highest BCUT2D eigenvalue weighted by Crippen LogP contribution is 2.04. The minimum atomic E-state index is -0.514. The standard InChI is InChI=1S/C9H13NO2/c1-4-5-12-9(11)8(6-10)7(2)3/h4-5H2,1-3H3. The van der Waals surface area contributed by atoms with Crippen molar-refractivity contribution in [2.75, 3.05) is 6.61 Å². The fraction of sp³-hybridized carbons (Fsp3) is 0.556. The lowest BCUT2D eigenvalue weighted by Gasteiger charge is -2.01. The highest BCUT2D eigenvalue weighted by Gasteiger charge is 2.10. The van der Waals surface area contributed by atoms with E-state index in [1.54, 1.807) is 13.8 Å². The van der Waals surface area contributed by atoms with Gasteiger partial charge in [-0.25, -0.2) is 4.79 Å². The summed E-state index contributed by atoms with van der Waals surface area (Å²) in [7, 11) is 0. The Morgan fingerprint density at radius 1 is 1.50 bits per heavy atom. The van der Waals surface area contributed by atoms with E-state index in [0.717, 1.165) is 6.42 Å². The second-order valence-corrected chi connectivity index (χ2v) is 2.62. The third-order valence-corrected chi connectivity index (χ3v) is 1.25. The minimum absolute atomic E-state index is 0.114. The predicted octanol–water partition coefficient (Wildman–Crippen LogP) is 1.80. The second kappa shape index (κ2) is 5.36. The molecule has 0 aliphatic heterocycles. The Bertz CT molecular complexity index is 231. The summed E-state index contributed by atoms with van der Waals surface area (Å²) in [4.78, 5) is 11.1. The van der Waals surface area contributed by atoms with E-state index in [0.29, 0.717) is 12.2 Å². The van der Waals surface area contributed by atoms with Gasteiger partial charge in [0, 0.05) is 0 Å². The van der Waals surface area contributed by atoms with Crippen LogP contribution in [0.3, 0.4) is 0 Å². The van der Waals surface area contributed by atoms with E-state index < -0.39 is 5.97 Å². The van der Waals surface area contributed by atoms with E-state index in [-0.39, 0.29) is 5.57 Å². The molecule has 0 aliphatic rings. The Kier molecular flexibility index (Phi) is 4.78. The third-order valence-electron chi connectivity index (χ3n) is 1.25. The van der Waals surface area contributed by atoms with Gasteiger partial charge in [-0.1, -0.05) is 12.5 Å². The van der Waals surface area contributed by atoms with Gasteiger partial charge in [0.1, 0.15) is 11.6 Å². The SMILES string of the molecule is CCCOC(=O)C(C#N)=C(C)C. The van der Waals surface area contributed by atoms with Gasteiger partial charge in [-0.05, 0) is 20.3 Å². The van der Waals surface area contributed by atoms with Gasteiger partial charge in [0.2, 0.25) is 0 Å². The van der Waals surface area contributed by atoms with Crippen molar-refractivity contribution in [3.8, 4) is 6.07 Å². The normalized spacial score (nSPS) is 8.50. The van der Waals surface area contributed by atoms with Crippen LogP contribution in [0.15, 0.2) is 11.1 Å². The lowest BCUT2D eigenvalue weighted by Crippen LogP contribution is -2.08. The first-order valence-electron chi connectivity index (χ1n) is 3.88. The van der Waals surface area contributed by atoms with E-state index >= 15 is 0 Å². The zero-order valence-corrected chi connectivity index (χ0v) is 7.68. The predicted molar refractivity (Wildman–Crippen MR) is 45.2 cm³/mol. The van der Waals surface area contributed by atoms with Crippen molar-refractivity contribution in [3.63, 3.8) is 0 Å². The molecule has 0 aromatic rings. The number of rotatable bonds is 3. The molecular weight excluding hydrogens is 154 g/mol. The Balaban J connectivity index is 4.28. The molecule has 0 atom stereocenters. The minimum Gasteiger partial charge on any atom is -0.462 e. The van der Waals surface area contributed by atoms with Crippen LogP contribution >= 0.6 is 0 Å². The molecule has 0 unspecified atom stereocenters. The van der Waals surface area contributed by atoms with Crippen LogP contribution < -0.4 is 0 Å². The number of carbonyl (C=O) groups is 1. The number of allylic oxidation sites excluding steroid dienone is 1. The van der Waals surface area contributed by atoms with Gasteiger partial charge in [0.25, 0.3) is 0 Å². The molecule has 0 aliphatic carbocycles. The molecule has 0 saturated heterocycles. The van der Waals surface area contributed by atoms with Crippen molar-refractivity contribution < 1.29 is 9.53 Å². The van der Waals surface area contributed by atoms with E-state index in [1.165, 1.54) is 0 Å². The molecule has 0 saturated carbocycles. The van der Waals surface area contributed by atoms with Crippen molar-refractivity contribution >= 4 is 5.97 Å². The van der Waals surface area contributed by atoms with Crippen LogP contribution in [0.25, 0.3) is 0 Å². The smallest absolute Gasteiger partial charge is 0.348 e. The molecule has 0 amide bonds. The van der Waals surface area contributed by atoms with Crippen LogP contribution in [0, 0.1) is 11.3 Å². The van der Waals surface area contributed by atoms with E-state index in [1.807, 2.05) is 13.0 Å². The monoisotopic (exact) mass is 167 g/mol. The molecule has 0 heterocycles. The Labute approximate surface area is 72.6 Å². The molecule has 0 spiro atoms. The van der Waals surface area contributed by atoms with E-state index in [4.69, 9.17) is 10.00 Å². The molecule has 0 N–H and O–H groups in total. The van der Waals surface area contributed by atoms with Gasteiger partial charge in [-0.15, -0.1) is 0 Å². The number of hydrogen-bond acceptors (Lipinski definition) is 3. The maximum absolute atomic E-state index is 11.1. The number of hydrogen-bond donors (Lipinski definition) is 0. The lowest BCUT2D eigenvalue weighted by atomic mass is 10.2. The summed E-state index contributed by atoms with van der Waals surface area (Å²) in [5, 5.41) is 8.56. The van der Waals surface area contributed by atoms with Crippen molar-refractivity contribution in [1.29, 1.82) is 5.26 Å². The average Bonchev–Trinajstić information content (AvgIpc) is 2.01. The number of carbonyl (C=O) groups excluding carboxylic acids is 1. The van der Waals surface area contributed by atoms with Gasteiger partial charge < -0.3 is 4.74 Å². The lowest BCUT2D eigenvalue weighted by molar-refractivity contribution is -0.138. The van der Waals surface area contributed by atoms with Crippen molar-refractivity contribution in [2.45, 2.75) is 27.2 Å². The quantitative estimate of drug-likeness (QED) is 0.366. The fourth-order valence-electron chi connectivity index (χ4n) is 0.628. The molecule has 0 rings (SSSR count). The summed E-state index contributed by atoms with van der Waals surface area (Å²) in [6.07, 6.45) is 0.771. The van der Waals surface area contributed by atoms with Crippen molar-refractivity contribution in [1.82, 2.24) is 0 Å². The molecule has 0 fully saturated rings. The van der Waals surface area contributed by atoms with Crippen LogP contribution in [0.2, 0.25) is 0 Å². The van der Waals surface area contributed by atoms with Gasteiger partial charge >= 0.3 is 5.97 Å². The van der Waals surface area contributed by atoms with Crippen molar-refractivity contribution in [3.05, 3.63) is 11.1 Å². The summed E-state index contributed by atoms with van der Waals surface area (Å²) in [6.45, 7) is 5.71.